The molecule has 1 aliphatic rings. The first-order valence-corrected chi connectivity index (χ1v) is 6.36. The zero-order chi connectivity index (χ0) is 13.9. The fraction of sp³-hybridized carbons (Fsp3) is 0.538. The molecule has 1 heterocycles. The molecule has 0 atom stereocenters. The van der Waals surface area contributed by atoms with Gasteiger partial charge in [-0.25, -0.2) is 4.79 Å². The molecule has 0 unspecified atom stereocenters. The minimum atomic E-state index is -1.15. The smallest absolute Gasteiger partial charge is 0.329 e. The molecule has 0 bridgehead atoms. The van der Waals surface area contributed by atoms with Gasteiger partial charge in [-0.2, -0.15) is 10.2 Å². The van der Waals surface area contributed by atoms with Crippen LogP contribution in [0.25, 0.3) is 0 Å². The largest absolute Gasteiger partial charge is 0.480 e. The van der Waals surface area contributed by atoms with E-state index in [2.05, 4.69) is 22.4 Å². The van der Waals surface area contributed by atoms with E-state index in [1.54, 1.807) is 0 Å². The van der Waals surface area contributed by atoms with E-state index in [9.17, 15) is 14.7 Å². The van der Waals surface area contributed by atoms with Crippen molar-refractivity contribution in [3.63, 3.8) is 0 Å². The first-order chi connectivity index (χ1) is 9.03. The topological polar surface area (TPSA) is 92.2 Å². The molecule has 1 amide bonds. The summed E-state index contributed by atoms with van der Waals surface area (Å²) in [6.45, 7) is 2.10. The molecular formula is C13H17N3O3. The highest BCUT2D eigenvalue weighted by molar-refractivity contribution is 5.97. The Hall–Kier alpha value is -1.98. The van der Waals surface area contributed by atoms with Crippen LogP contribution in [0, 0.1) is 5.92 Å². The van der Waals surface area contributed by atoms with Crippen molar-refractivity contribution in [2.24, 2.45) is 5.92 Å². The van der Waals surface area contributed by atoms with E-state index in [4.69, 9.17) is 0 Å². The summed E-state index contributed by atoms with van der Waals surface area (Å²) < 4.78 is 0. The monoisotopic (exact) mass is 263 g/mol. The van der Waals surface area contributed by atoms with Gasteiger partial charge in [0.05, 0.1) is 18.0 Å². The lowest BCUT2D eigenvalue weighted by Gasteiger charge is -2.36. The molecule has 1 fully saturated rings. The number of carboxylic acids is 1. The summed E-state index contributed by atoms with van der Waals surface area (Å²) in [7, 11) is 0. The lowest BCUT2D eigenvalue weighted by molar-refractivity contribution is -0.146. The highest BCUT2D eigenvalue weighted by Gasteiger charge is 2.42. The Bertz CT molecular complexity index is 467. The van der Waals surface area contributed by atoms with Gasteiger partial charge >= 0.3 is 5.97 Å². The zero-order valence-corrected chi connectivity index (χ0v) is 10.8. The first kappa shape index (κ1) is 13.5. The number of amides is 1. The maximum Gasteiger partial charge on any atom is 0.329 e. The highest BCUT2D eigenvalue weighted by atomic mass is 16.4. The van der Waals surface area contributed by atoms with Crippen LogP contribution >= 0.6 is 0 Å². The molecule has 0 aliphatic heterocycles. The van der Waals surface area contributed by atoms with Crippen LogP contribution in [0.15, 0.2) is 18.5 Å². The second-order valence-corrected chi connectivity index (χ2v) is 5.16. The van der Waals surface area contributed by atoms with Crippen molar-refractivity contribution in [2.45, 2.75) is 38.1 Å². The Balaban J connectivity index is 2.14. The Labute approximate surface area is 111 Å². The van der Waals surface area contributed by atoms with Crippen molar-refractivity contribution in [3.8, 4) is 0 Å². The van der Waals surface area contributed by atoms with Gasteiger partial charge in [-0.05, 0) is 37.7 Å². The van der Waals surface area contributed by atoms with Crippen LogP contribution in [0.4, 0.5) is 0 Å². The summed E-state index contributed by atoms with van der Waals surface area (Å²) in [6.07, 6.45) is 5.28. The Morgan fingerprint density at radius 3 is 2.58 bits per heavy atom. The van der Waals surface area contributed by atoms with Crippen molar-refractivity contribution in [1.29, 1.82) is 0 Å². The maximum atomic E-state index is 12.1. The first-order valence-electron chi connectivity index (χ1n) is 6.36. The number of hydrogen-bond acceptors (Lipinski definition) is 4. The van der Waals surface area contributed by atoms with Crippen molar-refractivity contribution >= 4 is 11.9 Å². The van der Waals surface area contributed by atoms with Crippen LogP contribution in [0.1, 0.15) is 43.0 Å². The molecule has 1 aliphatic carbocycles. The van der Waals surface area contributed by atoms with E-state index in [1.165, 1.54) is 18.5 Å². The fourth-order valence-electron chi connectivity index (χ4n) is 2.36. The molecular weight excluding hydrogens is 246 g/mol. The van der Waals surface area contributed by atoms with Crippen LogP contribution in [-0.2, 0) is 4.79 Å². The van der Waals surface area contributed by atoms with Crippen molar-refractivity contribution in [2.75, 3.05) is 0 Å². The second kappa shape index (κ2) is 5.34. The highest BCUT2D eigenvalue weighted by Crippen LogP contribution is 2.32. The molecule has 0 radical (unpaired) electrons. The third kappa shape index (κ3) is 2.89. The number of carbonyl (C=O) groups is 2. The lowest BCUT2D eigenvalue weighted by atomic mass is 9.77. The second-order valence-electron chi connectivity index (χ2n) is 5.16. The van der Waals surface area contributed by atoms with Gasteiger partial charge in [-0.15, -0.1) is 0 Å². The standard InChI is InChI=1S/C13H17N3O3/c1-9-2-5-13(6-3-9,12(18)19)16-11(17)10-4-7-14-15-8-10/h4,7-9H,2-3,5-6H2,1H3,(H,16,17)(H,18,19). The quantitative estimate of drug-likeness (QED) is 0.856. The molecule has 0 saturated heterocycles. The van der Waals surface area contributed by atoms with Crippen LogP contribution in [0.3, 0.4) is 0 Å². The molecule has 2 rings (SSSR count). The summed E-state index contributed by atoms with van der Waals surface area (Å²) in [4.78, 5) is 23.6. The average Bonchev–Trinajstić information content (AvgIpc) is 2.42. The number of aliphatic carboxylic acids is 1. The number of hydrogen-bond donors (Lipinski definition) is 2. The third-order valence-electron chi connectivity index (χ3n) is 3.74. The van der Waals surface area contributed by atoms with Crippen molar-refractivity contribution < 1.29 is 14.7 Å². The Kier molecular flexibility index (Phi) is 3.78. The summed E-state index contributed by atoms with van der Waals surface area (Å²) >= 11 is 0. The molecule has 0 aromatic carbocycles. The molecule has 2 N–H and O–H groups in total. The fourth-order valence-corrected chi connectivity index (χ4v) is 2.36. The molecule has 6 nitrogen and oxygen atoms in total. The van der Waals surface area contributed by atoms with Crippen LogP contribution < -0.4 is 5.32 Å². The molecule has 1 saturated carbocycles. The predicted molar refractivity (Wildman–Crippen MR) is 67.5 cm³/mol. The summed E-state index contributed by atoms with van der Waals surface area (Å²) in [6, 6.07) is 1.52. The predicted octanol–water partition coefficient (Wildman–Crippen LogP) is 1.24. The Morgan fingerprint density at radius 2 is 2.05 bits per heavy atom. The van der Waals surface area contributed by atoms with Gasteiger partial charge < -0.3 is 10.4 Å². The van der Waals surface area contributed by atoms with E-state index < -0.39 is 17.4 Å². The summed E-state index contributed by atoms with van der Waals surface area (Å²) in [5.74, 6) is -0.867. The number of aromatic nitrogens is 2. The molecule has 102 valence electrons. The lowest BCUT2D eigenvalue weighted by Crippen LogP contribution is -2.56. The third-order valence-corrected chi connectivity index (χ3v) is 3.74. The zero-order valence-electron chi connectivity index (χ0n) is 10.8. The van der Waals surface area contributed by atoms with Crippen LogP contribution in [0.2, 0.25) is 0 Å². The number of nitrogens with zero attached hydrogens (tertiary/aromatic N) is 2. The molecule has 0 spiro atoms. The number of nitrogens with one attached hydrogen (secondary N) is 1. The van der Waals surface area contributed by atoms with Gasteiger partial charge in [0.25, 0.3) is 5.91 Å². The van der Waals surface area contributed by atoms with E-state index in [-0.39, 0.29) is 0 Å². The van der Waals surface area contributed by atoms with Gasteiger partial charge in [0.2, 0.25) is 0 Å². The van der Waals surface area contributed by atoms with E-state index in [0.717, 1.165) is 12.8 Å². The van der Waals surface area contributed by atoms with Crippen LogP contribution in [-0.4, -0.2) is 32.7 Å². The van der Waals surface area contributed by atoms with E-state index >= 15 is 0 Å². The number of carboxylic acid groups (broad SMARTS) is 1. The summed E-state index contributed by atoms with van der Waals surface area (Å²) in [5, 5.41) is 19.3. The molecule has 6 heteroatoms. The molecule has 19 heavy (non-hydrogen) atoms. The summed E-state index contributed by atoms with van der Waals surface area (Å²) in [5.41, 5.74) is -0.818. The normalized spacial score (nSPS) is 26.7. The Morgan fingerprint density at radius 1 is 1.37 bits per heavy atom. The van der Waals surface area contributed by atoms with Gasteiger partial charge in [-0.1, -0.05) is 6.92 Å². The minimum Gasteiger partial charge on any atom is -0.480 e. The van der Waals surface area contributed by atoms with Crippen molar-refractivity contribution in [3.05, 3.63) is 24.0 Å². The van der Waals surface area contributed by atoms with Gasteiger partial charge in [0.1, 0.15) is 5.54 Å². The SMILES string of the molecule is CC1CCC(NC(=O)c2ccnnc2)(C(=O)O)CC1. The van der Waals surface area contributed by atoms with E-state index in [0.29, 0.717) is 24.3 Å². The van der Waals surface area contributed by atoms with Gasteiger partial charge in [-0.3, -0.25) is 4.79 Å². The number of carbonyl (C=O) groups excluding carboxylic acids is 1. The molecule has 1 aromatic heterocycles. The van der Waals surface area contributed by atoms with Crippen LogP contribution in [0.5, 0.6) is 0 Å². The average molecular weight is 263 g/mol. The van der Waals surface area contributed by atoms with Gasteiger partial charge in [0, 0.05) is 0 Å². The maximum absolute atomic E-state index is 12.1. The van der Waals surface area contributed by atoms with Crippen molar-refractivity contribution in [1.82, 2.24) is 15.5 Å². The number of rotatable bonds is 3. The van der Waals surface area contributed by atoms with Gasteiger partial charge in [0.15, 0.2) is 0 Å². The molecule has 1 aromatic rings. The van der Waals surface area contributed by atoms with E-state index in [1.807, 2.05) is 0 Å². The minimum absolute atomic E-state index is 0.328.